The fourth-order valence-electron chi connectivity index (χ4n) is 1.80. The number of rotatable bonds is 7. The normalized spacial score (nSPS) is 11.7. The first-order valence-electron chi connectivity index (χ1n) is 6.17. The molecule has 1 unspecified atom stereocenters. The Bertz CT molecular complexity index is 461. The summed E-state index contributed by atoms with van der Waals surface area (Å²) in [5.41, 5.74) is 0.383. The fraction of sp³-hybridized carbons (Fsp3) is 0.500. The van der Waals surface area contributed by atoms with Crippen molar-refractivity contribution in [2.24, 2.45) is 0 Å². The highest BCUT2D eigenvalue weighted by molar-refractivity contribution is 5.98. The topological polar surface area (TPSA) is 66.0 Å². The van der Waals surface area contributed by atoms with Crippen molar-refractivity contribution in [3.63, 3.8) is 0 Å². The average Bonchev–Trinajstić information content (AvgIpc) is 2.45. The Balaban J connectivity index is 3.06. The van der Waals surface area contributed by atoms with E-state index in [1.54, 1.807) is 19.2 Å². The minimum atomic E-state index is -0.257. The lowest BCUT2D eigenvalue weighted by Crippen LogP contribution is -2.35. The zero-order valence-corrected chi connectivity index (χ0v) is 12.5. The lowest BCUT2D eigenvalue weighted by molar-refractivity contribution is 0.0902. The van der Waals surface area contributed by atoms with Gasteiger partial charge in [0.05, 0.1) is 33.5 Å². The molecule has 1 amide bonds. The van der Waals surface area contributed by atoms with Crippen LogP contribution in [0.5, 0.6) is 17.2 Å². The van der Waals surface area contributed by atoms with E-state index in [1.807, 2.05) is 6.92 Å². The van der Waals surface area contributed by atoms with Gasteiger partial charge in [0, 0.05) is 25.3 Å². The predicted molar refractivity (Wildman–Crippen MR) is 74.9 cm³/mol. The van der Waals surface area contributed by atoms with Crippen LogP contribution in [0.2, 0.25) is 0 Å². The summed E-state index contributed by atoms with van der Waals surface area (Å²) >= 11 is 0. The first-order valence-corrected chi connectivity index (χ1v) is 6.17. The van der Waals surface area contributed by atoms with E-state index in [0.29, 0.717) is 29.4 Å². The van der Waals surface area contributed by atoms with Gasteiger partial charge in [0.15, 0.2) is 11.5 Å². The average molecular weight is 283 g/mol. The maximum absolute atomic E-state index is 12.2. The molecule has 1 aromatic carbocycles. The molecule has 0 aliphatic carbocycles. The Morgan fingerprint density at radius 3 is 2.10 bits per heavy atom. The van der Waals surface area contributed by atoms with Crippen molar-refractivity contribution in [2.45, 2.75) is 13.0 Å². The number of benzene rings is 1. The second kappa shape index (κ2) is 7.59. The van der Waals surface area contributed by atoms with Crippen LogP contribution in [0.4, 0.5) is 0 Å². The van der Waals surface area contributed by atoms with Gasteiger partial charge in [-0.3, -0.25) is 4.79 Å². The van der Waals surface area contributed by atoms with E-state index in [-0.39, 0.29) is 11.9 Å². The van der Waals surface area contributed by atoms with Crippen LogP contribution < -0.4 is 19.5 Å². The van der Waals surface area contributed by atoms with Crippen molar-refractivity contribution in [2.75, 3.05) is 35.0 Å². The van der Waals surface area contributed by atoms with E-state index < -0.39 is 0 Å². The molecule has 0 bridgehead atoms. The van der Waals surface area contributed by atoms with Crippen molar-refractivity contribution in [1.29, 1.82) is 0 Å². The van der Waals surface area contributed by atoms with E-state index in [9.17, 15) is 4.79 Å². The highest BCUT2D eigenvalue weighted by atomic mass is 16.5. The van der Waals surface area contributed by atoms with Gasteiger partial charge >= 0.3 is 0 Å². The molecule has 0 aliphatic rings. The molecule has 112 valence electrons. The summed E-state index contributed by atoms with van der Waals surface area (Å²) in [6.45, 7) is 2.29. The Labute approximate surface area is 119 Å². The Morgan fingerprint density at radius 1 is 1.05 bits per heavy atom. The molecular formula is C14H21NO5. The highest BCUT2D eigenvalue weighted by Crippen LogP contribution is 2.34. The number of methoxy groups -OCH3 is 4. The summed E-state index contributed by atoms with van der Waals surface area (Å²) in [7, 11) is 6.12. The lowest BCUT2D eigenvalue weighted by Gasteiger charge is -2.16. The largest absolute Gasteiger partial charge is 0.496 e. The van der Waals surface area contributed by atoms with Crippen molar-refractivity contribution in [3.05, 3.63) is 17.7 Å². The third-order valence-corrected chi connectivity index (χ3v) is 2.74. The summed E-state index contributed by atoms with van der Waals surface area (Å²) in [5, 5.41) is 2.82. The molecule has 0 saturated heterocycles. The Hall–Kier alpha value is -1.95. The third kappa shape index (κ3) is 3.77. The van der Waals surface area contributed by atoms with Crippen molar-refractivity contribution < 1.29 is 23.7 Å². The predicted octanol–water partition coefficient (Wildman–Crippen LogP) is 1.48. The minimum absolute atomic E-state index is 0.106. The van der Waals surface area contributed by atoms with Crippen molar-refractivity contribution in [1.82, 2.24) is 5.32 Å². The summed E-state index contributed by atoms with van der Waals surface area (Å²) in [5.74, 6) is 1.14. The smallest absolute Gasteiger partial charge is 0.255 e. The van der Waals surface area contributed by atoms with Gasteiger partial charge < -0.3 is 24.3 Å². The van der Waals surface area contributed by atoms with E-state index in [2.05, 4.69) is 5.32 Å². The van der Waals surface area contributed by atoms with Gasteiger partial charge in [-0.05, 0) is 6.92 Å². The summed E-state index contributed by atoms with van der Waals surface area (Å²) < 4.78 is 20.6. The van der Waals surface area contributed by atoms with Gasteiger partial charge in [-0.1, -0.05) is 0 Å². The van der Waals surface area contributed by atoms with Crippen LogP contribution in [0.25, 0.3) is 0 Å². The molecule has 0 spiro atoms. The van der Waals surface area contributed by atoms with Crippen LogP contribution in [0.3, 0.4) is 0 Å². The molecule has 6 heteroatoms. The van der Waals surface area contributed by atoms with E-state index in [0.717, 1.165) is 0 Å². The number of ether oxygens (including phenoxy) is 4. The van der Waals surface area contributed by atoms with Gasteiger partial charge in [-0.15, -0.1) is 0 Å². The number of amides is 1. The van der Waals surface area contributed by atoms with E-state index in [4.69, 9.17) is 18.9 Å². The molecule has 0 saturated carbocycles. The van der Waals surface area contributed by atoms with Gasteiger partial charge in [0.1, 0.15) is 5.75 Å². The summed E-state index contributed by atoms with van der Waals surface area (Å²) in [6.07, 6.45) is 0. The van der Waals surface area contributed by atoms with Crippen molar-refractivity contribution >= 4 is 5.91 Å². The Morgan fingerprint density at radius 2 is 1.60 bits per heavy atom. The second-order valence-corrected chi connectivity index (χ2v) is 4.24. The highest BCUT2D eigenvalue weighted by Gasteiger charge is 2.18. The maximum Gasteiger partial charge on any atom is 0.255 e. The second-order valence-electron chi connectivity index (χ2n) is 4.24. The van der Waals surface area contributed by atoms with Crippen molar-refractivity contribution in [3.8, 4) is 17.2 Å². The molecule has 1 aromatic rings. The monoisotopic (exact) mass is 283 g/mol. The zero-order chi connectivity index (χ0) is 15.1. The van der Waals surface area contributed by atoms with Gasteiger partial charge in [0.25, 0.3) is 5.91 Å². The fourth-order valence-corrected chi connectivity index (χ4v) is 1.80. The standard InChI is InChI=1S/C14H21NO5/c1-9(8-17-2)15-14(16)10-6-12(19-4)13(20-5)7-11(10)18-3/h6-7,9H,8H2,1-5H3,(H,15,16). The van der Waals surface area contributed by atoms with Crippen LogP contribution in [-0.4, -0.2) is 47.0 Å². The molecule has 1 rings (SSSR count). The van der Waals surface area contributed by atoms with E-state index >= 15 is 0 Å². The molecule has 0 heterocycles. The quantitative estimate of drug-likeness (QED) is 0.821. The first kappa shape index (κ1) is 16.1. The van der Waals surface area contributed by atoms with E-state index in [1.165, 1.54) is 21.3 Å². The molecule has 1 atom stereocenters. The number of hydrogen-bond acceptors (Lipinski definition) is 5. The number of carbonyl (C=O) groups is 1. The Kier molecular flexibility index (Phi) is 6.11. The van der Waals surface area contributed by atoms with Crippen LogP contribution in [0, 0.1) is 0 Å². The lowest BCUT2D eigenvalue weighted by atomic mass is 10.1. The first-order chi connectivity index (χ1) is 9.57. The molecule has 0 aliphatic heterocycles. The molecule has 0 fully saturated rings. The van der Waals surface area contributed by atoms with Crippen LogP contribution in [0.1, 0.15) is 17.3 Å². The molecule has 0 radical (unpaired) electrons. The number of carbonyl (C=O) groups excluding carboxylic acids is 1. The molecule has 20 heavy (non-hydrogen) atoms. The van der Waals surface area contributed by atoms with Gasteiger partial charge in [0.2, 0.25) is 0 Å². The molecular weight excluding hydrogens is 262 g/mol. The number of hydrogen-bond donors (Lipinski definition) is 1. The molecule has 0 aromatic heterocycles. The molecule has 6 nitrogen and oxygen atoms in total. The van der Waals surface area contributed by atoms with Gasteiger partial charge in [-0.25, -0.2) is 0 Å². The zero-order valence-electron chi connectivity index (χ0n) is 12.5. The SMILES string of the molecule is COCC(C)NC(=O)c1cc(OC)c(OC)cc1OC. The van der Waals surface area contributed by atoms with Gasteiger partial charge in [-0.2, -0.15) is 0 Å². The van der Waals surface area contributed by atoms with Crippen LogP contribution in [0.15, 0.2) is 12.1 Å². The number of nitrogens with one attached hydrogen (secondary N) is 1. The minimum Gasteiger partial charge on any atom is -0.496 e. The van der Waals surface area contributed by atoms with Crippen LogP contribution in [-0.2, 0) is 4.74 Å². The molecule has 1 N–H and O–H groups in total. The maximum atomic E-state index is 12.2. The van der Waals surface area contributed by atoms with Crippen LogP contribution >= 0.6 is 0 Å². The third-order valence-electron chi connectivity index (χ3n) is 2.74. The summed E-state index contributed by atoms with van der Waals surface area (Å²) in [4.78, 5) is 12.2. The summed E-state index contributed by atoms with van der Waals surface area (Å²) in [6, 6.07) is 3.10.